The molecule has 0 saturated carbocycles. The van der Waals surface area contributed by atoms with Gasteiger partial charge in [-0.3, -0.25) is 4.90 Å². The lowest BCUT2D eigenvalue weighted by Gasteiger charge is -2.16. The van der Waals surface area contributed by atoms with E-state index in [2.05, 4.69) is 47.1 Å². The van der Waals surface area contributed by atoms with Gasteiger partial charge in [-0.25, -0.2) is 4.98 Å². The van der Waals surface area contributed by atoms with E-state index < -0.39 is 0 Å². The van der Waals surface area contributed by atoms with Gasteiger partial charge in [0.1, 0.15) is 5.76 Å². The van der Waals surface area contributed by atoms with E-state index in [0.717, 1.165) is 56.4 Å². The van der Waals surface area contributed by atoms with Crippen LogP contribution < -0.4 is 5.73 Å². The Morgan fingerprint density at radius 2 is 2.04 bits per heavy atom. The van der Waals surface area contributed by atoms with Gasteiger partial charge in [0.05, 0.1) is 12.2 Å². The topological polar surface area (TPSA) is 55.3 Å². The maximum absolute atomic E-state index is 6.03. The Kier molecular flexibility index (Phi) is 5.13. The first-order valence-corrected chi connectivity index (χ1v) is 8.63. The van der Waals surface area contributed by atoms with Gasteiger partial charge in [0, 0.05) is 25.4 Å². The number of hydrogen-bond acceptors (Lipinski definition) is 4. The van der Waals surface area contributed by atoms with Crippen LogP contribution in [0.15, 0.2) is 34.7 Å². The van der Waals surface area contributed by atoms with Crippen molar-refractivity contribution >= 4 is 0 Å². The molecule has 1 aromatic carbocycles. The van der Waals surface area contributed by atoms with Crippen LogP contribution >= 0.6 is 0 Å². The standard InChI is InChI=1S/C19H27N3O/c1-3-7-19-21-14(2)18(23-19)13-22-11-16(10-20)17(12-22)15-8-5-4-6-9-15/h4-6,8-9,16-17H,3,7,10-13,20H2,1-2H3/t16-,17+/m1/s1. The summed E-state index contributed by atoms with van der Waals surface area (Å²) in [5.74, 6) is 2.90. The van der Waals surface area contributed by atoms with Gasteiger partial charge in [0.2, 0.25) is 0 Å². The number of oxazole rings is 1. The molecule has 2 aromatic rings. The van der Waals surface area contributed by atoms with Crippen molar-refractivity contribution in [2.24, 2.45) is 11.7 Å². The number of aryl methyl sites for hydroxylation is 2. The van der Waals surface area contributed by atoms with E-state index >= 15 is 0 Å². The molecule has 0 unspecified atom stereocenters. The second-order valence-electron chi connectivity index (χ2n) is 6.57. The molecule has 2 N–H and O–H groups in total. The average molecular weight is 313 g/mol. The minimum absolute atomic E-state index is 0.510. The molecule has 0 amide bonds. The number of rotatable bonds is 6. The van der Waals surface area contributed by atoms with Crippen LogP contribution in [-0.2, 0) is 13.0 Å². The number of hydrogen-bond donors (Lipinski definition) is 1. The molecule has 1 fully saturated rings. The van der Waals surface area contributed by atoms with Crippen LogP contribution in [0.25, 0.3) is 0 Å². The van der Waals surface area contributed by atoms with Crippen molar-refractivity contribution in [3.05, 3.63) is 53.2 Å². The minimum Gasteiger partial charge on any atom is -0.444 e. The van der Waals surface area contributed by atoms with Gasteiger partial charge in [-0.15, -0.1) is 0 Å². The molecule has 124 valence electrons. The van der Waals surface area contributed by atoms with Crippen LogP contribution in [0, 0.1) is 12.8 Å². The van der Waals surface area contributed by atoms with Gasteiger partial charge in [-0.1, -0.05) is 37.3 Å². The Bertz CT molecular complexity index is 623. The van der Waals surface area contributed by atoms with Crippen LogP contribution in [0.4, 0.5) is 0 Å². The maximum atomic E-state index is 6.03. The fraction of sp³-hybridized carbons (Fsp3) is 0.526. The van der Waals surface area contributed by atoms with E-state index in [-0.39, 0.29) is 0 Å². The predicted molar refractivity (Wildman–Crippen MR) is 92.2 cm³/mol. The van der Waals surface area contributed by atoms with Crippen molar-refractivity contribution in [3.63, 3.8) is 0 Å². The predicted octanol–water partition coefficient (Wildman–Crippen LogP) is 3.11. The number of likely N-dealkylation sites (tertiary alicyclic amines) is 1. The highest BCUT2D eigenvalue weighted by atomic mass is 16.4. The van der Waals surface area contributed by atoms with Gasteiger partial charge in [-0.05, 0) is 31.4 Å². The van der Waals surface area contributed by atoms with Gasteiger partial charge in [0.25, 0.3) is 0 Å². The van der Waals surface area contributed by atoms with Crippen LogP contribution in [-0.4, -0.2) is 29.5 Å². The molecular weight excluding hydrogens is 286 g/mol. The Morgan fingerprint density at radius 1 is 1.26 bits per heavy atom. The second-order valence-corrected chi connectivity index (χ2v) is 6.57. The quantitative estimate of drug-likeness (QED) is 0.890. The summed E-state index contributed by atoms with van der Waals surface area (Å²) in [6.07, 6.45) is 1.98. The lowest BCUT2D eigenvalue weighted by molar-refractivity contribution is 0.281. The third kappa shape index (κ3) is 3.65. The Hall–Kier alpha value is -1.65. The highest BCUT2D eigenvalue weighted by molar-refractivity contribution is 5.23. The normalized spacial score (nSPS) is 21.9. The van der Waals surface area contributed by atoms with E-state index in [1.807, 2.05) is 6.92 Å². The smallest absolute Gasteiger partial charge is 0.194 e. The van der Waals surface area contributed by atoms with E-state index in [9.17, 15) is 0 Å². The summed E-state index contributed by atoms with van der Waals surface area (Å²) in [5, 5.41) is 0. The first-order chi connectivity index (χ1) is 11.2. The van der Waals surface area contributed by atoms with Crippen molar-refractivity contribution in [2.75, 3.05) is 19.6 Å². The summed E-state index contributed by atoms with van der Waals surface area (Å²) in [4.78, 5) is 7.00. The molecule has 0 aliphatic carbocycles. The highest BCUT2D eigenvalue weighted by Crippen LogP contribution is 2.33. The molecule has 4 nitrogen and oxygen atoms in total. The fourth-order valence-corrected chi connectivity index (χ4v) is 3.57. The monoisotopic (exact) mass is 313 g/mol. The number of nitrogens with zero attached hydrogens (tertiary/aromatic N) is 2. The Morgan fingerprint density at radius 3 is 2.74 bits per heavy atom. The van der Waals surface area contributed by atoms with Gasteiger partial charge in [0.15, 0.2) is 5.89 Å². The third-order valence-corrected chi connectivity index (χ3v) is 4.82. The van der Waals surface area contributed by atoms with Crippen LogP contribution in [0.3, 0.4) is 0 Å². The van der Waals surface area contributed by atoms with E-state index in [1.54, 1.807) is 0 Å². The van der Waals surface area contributed by atoms with Crippen LogP contribution in [0.1, 0.15) is 42.2 Å². The fourth-order valence-electron chi connectivity index (χ4n) is 3.57. The first-order valence-electron chi connectivity index (χ1n) is 8.63. The second kappa shape index (κ2) is 7.28. The largest absolute Gasteiger partial charge is 0.444 e. The van der Waals surface area contributed by atoms with E-state index in [0.29, 0.717) is 11.8 Å². The van der Waals surface area contributed by atoms with Gasteiger partial charge < -0.3 is 10.2 Å². The number of nitrogens with two attached hydrogens (primary N) is 1. The molecule has 1 saturated heterocycles. The summed E-state index contributed by atoms with van der Waals surface area (Å²) in [7, 11) is 0. The zero-order valence-corrected chi connectivity index (χ0v) is 14.2. The zero-order chi connectivity index (χ0) is 16.2. The Balaban J connectivity index is 1.70. The molecule has 23 heavy (non-hydrogen) atoms. The van der Waals surface area contributed by atoms with Crippen molar-refractivity contribution < 1.29 is 4.42 Å². The number of benzene rings is 1. The summed E-state index contributed by atoms with van der Waals surface area (Å²) in [5.41, 5.74) is 8.45. The molecule has 1 aliphatic heterocycles. The lowest BCUT2D eigenvalue weighted by atomic mass is 9.89. The average Bonchev–Trinajstić information content (AvgIpc) is 3.13. The molecule has 2 atom stereocenters. The van der Waals surface area contributed by atoms with Crippen molar-refractivity contribution in [1.82, 2.24) is 9.88 Å². The van der Waals surface area contributed by atoms with Crippen LogP contribution in [0.5, 0.6) is 0 Å². The van der Waals surface area contributed by atoms with Crippen LogP contribution in [0.2, 0.25) is 0 Å². The lowest BCUT2D eigenvalue weighted by Crippen LogP contribution is -2.23. The summed E-state index contributed by atoms with van der Waals surface area (Å²) in [6, 6.07) is 10.7. The minimum atomic E-state index is 0.510. The molecule has 0 bridgehead atoms. The highest BCUT2D eigenvalue weighted by Gasteiger charge is 2.33. The molecule has 1 aromatic heterocycles. The molecular formula is C19H27N3O. The van der Waals surface area contributed by atoms with E-state index in [4.69, 9.17) is 10.2 Å². The Labute approximate surface area is 138 Å². The zero-order valence-electron chi connectivity index (χ0n) is 14.2. The van der Waals surface area contributed by atoms with Crippen molar-refractivity contribution in [2.45, 2.75) is 39.2 Å². The van der Waals surface area contributed by atoms with Crippen molar-refractivity contribution in [1.29, 1.82) is 0 Å². The summed E-state index contributed by atoms with van der Waals surface area (Å²) < 4.78 is 5.94. The number of aromatic nitrogens is 1. The first kappa shape index (κ1) is 16.2. The summed E-state index contributed by atoms with van der Waals surface area (Å²) in [6.45, 7) is 7.82. The maximum Gasteiger partial charge on any atom is 0.194 e. The molecule has 0 radical (unpaired) electrons. The van der Waals surface area contributed by atoms with Gasteiger partial charge in [-0.2, -0.15) is 0 Å². The van der Waals surface area contributed by atoms with Gasteiger partial charge >= 0.3 is 0 Å². The van der Waals surface area contributed by atoms with Crippen molar-refractivity contribution in [3.8, 4) is 0 Å². The molecule has 1 aliphatic rings. The SMILES string of the molecule is CCCc1nc(C)c(CN2C[C@@H](CN)[C@H](c3ccccc3)C2)o1. The molecule has 0 spiro atoms. The summed E-state index contributed by atoms with van der Waals surface area (Å²) >= 11 is 0. The third-order valence-electron chi connectivity index (χ3n) is 4.82. The molecule has 2 heterocycles. The molecule has 4 heteroatoms. The van der Waals surface area contributed by atoms with E-state index in [1.165, 1.54) is 5.56 Å². The molecule has 3 rings (SSSR count).